The van der Waals surface area contributed by atoms with E-state index in [1.807, 2.05) is 0 Å². The van der Waals surface area contributed by atoms with Crippen molar-refractivity contribution < 1.29 is 5.11 Å². The first-order chi connectivity index (χ1) is 6.22. The lowest BCUT2D eigenvalue weighted by atomic mass is 10.1. The second kappa shape index (κ2) is 5.89. The van der Waals surface area contributed by atoms with Crippen LogP contribution in [0.2, 0.25) is 0 Å². The molecule has 78 valence electrons. The monoisotopic (exact) mass is 203 g/mol. The molecule has 0 bridgehead atoms. The van der Waals surface area contributed by atoms with Crippen LogP contribution in [0.5, 0.6) is 0 Å². The molecule has 0 amide bonds. The minimum atomic E-state index is 0.318. The van der Waals surface area contributed by atoms with Crippen LogP contribution in [0.4, 0.5) is 0 Å². The Balaban J connectivity index is 2.05. The summed E-state index contributed by atoms with van der Waals surface area (Å²) in [4.78, 5) is 0. The molecule has 1 fully saturated rings. The molecule has 0 aromatic rings. The van der Waals surface area contributed by atoms with E-state index in [-0.39, 0.29) is 0 Å². The summed E-state index contributed by atoms with van der Waals surface area (Å²) < 4.78 is 0. The van der Waals surface area contributed by atoms with E-state index in [0.717, 1.165) is 18.2 Å². The molecular weight excluding hydrogens is 182 g/mol. The highest BCUT2D eigenvalue weighted by molar-refractivity contribution is 8.00. The highest BCUT2D eigenvalue weighted by atomic mass is 32.2. The van der Waals surface area contributed by atoms with Gasteiger partial charge in [0.15, 0.2) is 0 Å². The van der Waals surface area contributed by atoms with Crippen LogP contribution in [0.1, 0.15) is 26.7 Å². The summed E-state index contributed by atoms with van der Waals surface area (Å²) in [6, 6.07) is 0.709. The van der Waals surface area contributed by atoms with Gasteiger partial charge in [-0.1, -0.05) is 13.8 Å². The number of hydrogen-bond acceptors (Lipinski definition) is 3. The molecule has 0 spiro atoms. The average molecular weight is 203 g/mol. The second-order valence-electron chi connectivity index (χ2n) is 4.10. The minimum absolute atomic E-state index is 0.318. The van der Waals surface area contributed by atoms with E-state index in [4.69, 9.17) is 5.11 Å². The molecule has 13 heavy (non-hydrogen) atoms. The van der Waals surface area contributed by atoms with Gasteiger partial charge in [-0.2, -0.15) is 11.8 Å². The van der Waals surface area contributed by atoms with Gasteiger partial charge in [0.2, 0.25) is 0 Å². The van der Waals surface area contributed by atoms with Gasteiger partial charge in [-0.05, 0) is 25.3 Å². The van der Waals surface area contributed by atoms with Gasteiger partial charge in [0, 0.05) is 23.7 Å². The van der Waals surface area contributed by atoms with E-state index in [1.54, 1.807) is 0 Å². The summed E-state index contributed by atoms with van der Waals surface area (Å²) in [5, 5.41) is 13.1. The van der Waals surface area contributed by atoms with E-state index < -0.39 is 0 Å². The molecule has 3 atom stereocenters. The third-order valence-electron chi connectivity index (χ3n) is 2.58. The maximum atomic E-state index is 8.74. The molecule has 3 heteroatoms. The Morgan fingerprint density at radius 2 is 2.38 bits per heavy atom. The molecule has 1 aliphatic rings. The van der Waals surface area contributed by atoms with E-state index in [1.165, 1.54) is 12.2 Å². The summed E-state index contributed by atoms with van der Waals surface area (Å²) in [6.45, 7) is 5.86. The molecule has 1 heterocycles. The van der Waals surface area contributed by atoms with Crippen LogP contribution in [0.25, 0.3) is 0 Å². The molecule has 1 aliphatic heterocycles. The zero-order chi connectivity index (χ0) is 9.68. The van der Waals surface area contributed by atoms with Crippen molar-refractivity contribution in [3.63, 3.8) is 0 Å². The van der Waals surface area contributed by atoms with Gasteiger partial charge in [0.1, 0.15) is 0 Å². The van der Waals surface area contributed by atoms with Gasteiger partial charge in [-0.15, -0.1) is 0 Å². The molecule has 0 aliphatic carbocycles. The SMILES string of the molecule is CC(CCO)CNC1CSC(C)C1. The van der Waals surface area contributed by atoms with Crippen molar-refractivity contribution in [1.29, 1.82) is 0 Å². The molecule has 3 unspecified atom stereocenters. The van der Waals surface area contributed by atoms with Crippen LogP contribution in [0.15, 0.2) is 0 Å². The van der Waals surface area contributed by atoms with Crippen molar-refractivity contribution in [2.24, 2.45) is 5.92 Å². The first-order valence-electron chi connectivity index (χ1n) is 5.18. The van der Waals surface area contributed by atoms with Crippen molar-refractivity contribution in [3.8, 4) is 0 Å². The first-order valence-corrected chi connectivity index (χ1v) is 6.23. The summed E-state index contributed by atoms with van der Waals surface area (Å²) in [7, 11) is 0. The van der Waals surface area contributed by atoms with Crippen molar-refractivity contribution in [2.45, 2.75) is 38.0 Å². The largest absolute Gasteiger partial charge is 0.396 e. The van der Waals surface area contributed by atoms with Crippen molar-refractivity contribution in [1.82, 2.24) is 5.32 Å². The molecule has 0 radical (unpaired) electrons. The van der Waals surface area contributed by atoms with E-state index in [9.17, 15) is 0 Å². The average Bonchev–Trinajstić information content (AvgIpc) is 2.49. The van der Waals surface area contributed by atoms with Crippen LogP contribution in [-0.4, -0.2) is 35.3 Å². The fourth-order valence-electron chi connectivity index (χ4n) is 1.65. The summed E-state index contributed by atoms with van der Waals surface area (Å²) in [5.74, 6) is 1.86. The number of nitrogens with one attached hydrogen (secondary N) is 1. The molecular formula is C10H21NOS. The maximum Gasteiger partial charge on any atom is 0.0434 e. The molecule has 1 saturated heterocycles. The molecule has 2 nitrogen and oxygen atoms in total. The third kappa shape index (κ3) is 4.34. The molecule has 2 N–H and O–H groups in total. The molecule has 0 aromatic carbocycles. The summed E-state index contributed by atoms with van der Waals surface area (Å²) >= 11 is 2.06. The number of hydrogen-bond donors (Lipinski definition) is 2. The Kier molecular flexibility index (Phi) is 5.14. The van der Waals surface area contributed by atoms with E-state index in [2.05, 4.69) is 30.9 Å². The Hall–Kier alpha value is 0.270. The fourth-order valence-corrected chi connectivity index (χ4v) is 2.83. The molecule has 1 rings (SSSR count). The van der Waals surface area contributed by atoms with Gasteiger partial charge >= 0.3 is 0 Å². The lowest BCUT2D eigenvalue weighted by Crippen LogP contribution is -2.33. The van der Waals surface area contributed by atoms with E-state index in [0.29, 0.717) is 18.6 Å². The lowest BCUT2D eigenvalue weighted by molar-refractivity contribution is 0.258. The summed E-state index contributed by atoms with van der Waals surface area (Å²) in [5.41, 5.74) is 0. The van der Waals surface area contributed by atoms with Crippen LogP contribution >= 0.6 is 11.8 Å². The number of thioether (sulfide) groups is 1. The number of aliphatic hydroxyl groups excluding tert-OH is 1. The zero-order valence-electron chi connectivity index (χ0n) is 8.62. The Morgan fingerprint density at radius 1 is 1.62 bits per heavy atom. The van der Waals surface area contributed by atoms with Crippen molar-refractivity contribution in [3.05, 3.63) is 0 Å². The van der Waals surface area contributed by atoms with Crippen LogP contribution in [0.3, 0.4) is 0 Å². The van der Waals surface area contributed by atoms with E-state index >= 15 is 0 Å². The zero-order valence-corrected chi connectivity index (χ0v) is 9.44. The quantitative estimate of drug-likeness (QED) is 0.710. The van der Waals surface area contributed by atoms with Crippen molar-refractivity contribution in [2.75, 3.05) is 18.9 Å². The standard InChI is InChI=1S/C10H21NOS/c1-8(3-4-12)6-11-10-5-9(2)13-7-10/h8-12H,3-7H2,1-2H3. The highest BCUT2D eigenvalue weighted by Gasteiger charge is 2.21. The Morgan fingerprint density at radius 3 is 2.92 bits per heavy atom. The predicted molar refractivity (Wildman–Crippen MR) is 59.2 cm³/mol. The summed E-state index contributed by atoms with van der Waals surface area (Å²) in [6.07, 6.45) is 2.22. The number of rotatable bonds is 5. The second-order valence-corrected chi connectivity index (χ2v) is 5.57. The van der Waals surface area contributed by atoms with Crippen LogP contribution < -0.4 is 5.32 Å². The number of aliphatic hydroxyl groups is 1. The molecule has 0 aromatic heterocycles. The fraction of sp³-hybridized carbons (Fsp3) is 1.00. The van der Waals surface area contributed by atoms with Crippen LogP contribution in [0, 0.1) is 5.92 Å². The normalized spacial score (nSPS) is 30.7. The third-order valence-corrected chi connectivity index (χ3v) is 3.93. The lowest BCUT2D eigenvalue weighted by Gasteiger charge is -2.15. The van der Waals surface area contributed by atoms with Gasteiger partial charge in [-0.25, -0.2) is 0 Å². The predicted octanol–water partition coefficient (Wildman–Crippen LogP) is 1.49. The van der Waals surface area contributed by atoms with Crippen LogP contribution in [-0.2, 0) is 0 Å². The van der Waals surface area contributed by atoms with Gasteiger partial charge in [0.05, 0.1) is 0 Å². The smallest absolute Gasteiger partial charge is 0.0434 e. The molecule has 0 saturated carbocycles. The first kappa shape index (κ1) is 11.3. The highest BCUT2D eigenvalue weighted by Crippen LogP contribution is 2.25. The van der Waals surface area contributed by atoms with Gasteiger partial charge in [-0.3, -0.25) is 0 Å². The topological polar surface area (TPSA) is 32.3 Å². The van der Waals surface area contributed by atoms with Gasteiger partial charge < -0.3 is 10.4 Å². The Labute approximate surface area is 85.5 Å². The van der Waals surface area contributed by atoms with Gasteiger partial charge in [0.25, 0.3) is 0 Å². The minimum Gasteiger partial charge on any atom is -0.396 e. The van der Waals surface area contributed by atoms with Crippen molar-refractivity contribution >= 4 is 11.8 Å². The Bertz CT molecular complexity index is 143. The maximum absolute atomic E-state index is 8.74.